The van der Waals surface area contributed by atoms with Crippen LogP contribution in [0, 0.1) is 6.92 Å². The molecule has 4 nitrogen and oxygen atoms in total. The summed E-state index contributed by atoms with van der Waals surface area (Å²) < 4.78 is 9.06. The molecule has 0 amide bonds. The van der Waals surface area contributed by atoms with Crippen LogP contribution in [0.4, 0.5) is 0 Å². The number of aryl methyl sites for hydroxylation is 1. The molecule has 0 atom stereocenters. The van der Waals surface area contributed by atoms with Crippen molar-refractivity contribution in [3.8, 4) is 67.5 Å². The Hall–Kier alpha value is -7.21. The molecule has 0 radical (unpaired) electrons. The van der Waals surface area contributed by atoms with E-state index in [2.05, 4.69) is 183 Å². The molecule has 0 spiro atoms. The summed E-state index contributed by atoms with van der Waals surface area (Å²) >= 11 is 1.79. The highest BCUT2D eigenvalue weighted by Crippen LogP contribution is 2.42. The maximum Gasteiger partial charge on any atom is 0.164 e. The van der Waals surface area contributed by atoms with Crippen molar-refractivity contribution < 1.29 is 4.42 Å². The molecule has 0 N–H and O–H groups in total. The molecule has 0 aliphatic heterocycles. The van der Waals surface area contributed by atoms with Crippen LogP contribution in [-0.4, -0.2) is 15.0 Å². The Morgan fingerprint density at radius 1 is 0.368 bits per heavy atom. The molecule has 11 rings (SSSR count). The largest absolute Gasteiger partial charge is 0.456 e. The maximum atomic E-state index is 6.62. The second-order valence-electron chi connectivity index (χ2n) is 14.5. The summed E-state index contributed by atoms with van der Waals surface area (Å²) in [7, 11) is 0. The summed E-state index contributed by atoms with van der Waals surface area (Å²) in [5.41, 5.74) is 12.5. The van der Waals surface area contributed by atoms with Gasteiger partial charge in [0.2, 0.25) is 0 Å². The molecule has 0 unspecified atom stereocenters. The van der Waals surface area contributed by atoms with Gasteiger partial charge in [-0.2, -0.15) is 0 Å². The van der Waals surface area contributed by atoms with Gasteiger partial charge in [-0.3, -0.25) is 0 Å². The van der Waals surface area contributed by atoms with E-state index < -0.39 is 0 Å². The summed E-state index contributed by atoms with van der Waals surface area (Å²) in [6.45, 7) is 2.12. The van der Waals surface area contributed by atoms with Crippen LogP contribution in [0.5, 0.6) is 0 Å². The molecule has 0 saturated heterocycles. The first-order valence-electron chi connectivity index (χ1n) is 19.1. The third kappa shape index (κ3) is 5.88. The predicted octanol–water partition coefficient (Wildman–Crippen LogP) is 14.4. The highest BCUT2D eigenvalue weighted by molar-refractivity contribution is 7.25. The van der Waals surface area contributed by atoms with Gasteiger partial charge in [-0.25, -0.2) is 15.0 Å². The lowest BCUT2D eigenvalue weighted by Crippen LogP contribution is -2.00. The van der Waals surface area contributed by atoms with Gasteiger partial charge in [-0.15, -0.1) is 11.3 Å². The van der Waals surface area contributed by atoms with Gasteiger partial charge in [0.15, 0.2) is 17.5 Å². The third-order valence-corrected chi connectivity index (χ3v) is 11.9. The van der Waals surface area contributed by atoms with Gasteiger partial charge in [-0.05, 0) is 82.8 Å². The Morgan fingerprint density at radius 2 is 0.965 bits per heavy atom. The molecule has 0 aliphatic rings. The molecule has 3 heterocycles. The van der Waals surface area contributed by atoms with Crippen molar-refractivity contribution in [2.24, 2.45) is 0 Å². The van der Waals surface area contributed by atoms with Crippen molar-refractivity contribution in [3.05, 3.63) is 188 Å². The van der Waals surface area contributed by atoms with Gasteiger partial charge in [0, 0.05) is 47.6 Å². The number of benzene rings is 8. The number of rotatable bonds is 6. The molecule has 8 aromatic carbocycles. The first-order valence-corrected chi connectivity index (χ1v) is 19.9. The van der Waals surface area contributed by atoms with Crippen LogP contribution in [0.15, 0.2) is 186 Å². The van der Waals surface area contributed by atoms with E-state index in [1.807, 2.05) is 6.07 Å². The molecule has 0 bridgehead atoms. The Bertz CT molecular complexity index is 3320. The van der Waals surface area contributed by atoms with Gasteiger partial charge in [0.05, 0.1) is 0 Å². The number of fused-ring (bicyclic) bond motifs is 6. The highest BCUT2D eigenvalue weighted by atomic mass is 32.1. The maximum absolute atomic E-state index is 6.62. The fourth-order valence-electron chi connectivity index (χ4n) is 8.08. The molecule has 57 heavy (non-hydrogen) atoms. The average molecular weight is 748 g/mol. The van der Waals surface area contributed by atoms with E-state index in [0.29, 0.717) is 17.5 Å². The molecule has 3 aromatic heterocycles. The number of aromatic nitrogens is 3. The fraction of sp³-hybridized carbons (Fsp3) is 0.0192. The van der Waals surface area contributed by atoms with E-state index in [1.165, 1.54) is 31.5 Å². The van der Waals surface area contributed by atoms with E-state index in [1.54, 1.807) is 11.3 Å². The molecule has 0 aliphatic carbocycles. The standard InChI is InChI=1S/C52H33N3OS/c1-32-12-7-15-34(28-32)36-17-9-19-38(30-36)50-53-51(55-52(54-50)43-22-11-25-47-49(43)42-20-5-6-24-46(42)57-47)39-26-27-41-45(31-39)56-44-23-10-21-40(48(41)44)37-18-8-16-35(29-37)33-13-3-2-4-14-33/h2-31H,1H3. The lowest BCUT2D eigenvalue weighted by atomic mass is 9.96. The smallest absolute Gasteiger partial charge is 0.164 e. The number of hydrogen-bond acceptors (Lipinski definition) is 5. The summed E-state index contributed by atoms with van der Waals surface area (Å²) in [5, 5.41) is 4.49. The van der Waals surface area contributed by atoms with Gasteiger partial charge in [0.1, 0.15) is 11.2 Å². The van der Waals surface area contributed by atoms with Crippen LogP contribution in [0.25, 0.3) is 110 Å². The molecular weight excluding hydrogens is 715 g/mol. The minimum Gasteiger partial charge on any atom is -0.456 e. The predicted molar refractivity (Wildman–Crippen MR) is 237 cm³/mol. The minimum absolute atomic E-state index is 0.589. The Balaban J connectivity index is 1.08. The van der Waals surface area contributed by atoms with Crippen molar-refractivity contribution in [1.82, 2.24) is 15.0 Å². The monoisotopic (exact) mass is 747 g/mol. The second-order valence-corrected chi connectivity index (χ2v) is 15.6. The van der Waals surface area contributed by atoms with Crippen molar-refractivity contribution in [1.29, 1.82) is 0 Å². The first kappa shape index (κ1) is 33.2. The van der Waals surface area contributed by atoms with Gasteiger partial charge in [0.25, 0.3) is 0 Å². The van der Waals surface area contributed by atoms with Gasteiger partial charge < -0.3 is 4.42 Å². The Labute approximate surface area is 333 Å². The molecule has 5 heteroatoms. The van der Waals surface area contributed by atoms with Crippen LogP contribution < -0.4 is 0 Å². The fourth-order valence-corrected chi connectivity index (χ4v) is 9.21. The first-order chi connectivity index (χ1) is 28.1. The van der Waals surface area contributed by atoms with E-state index in [0.717, 1.165) is 66.3 Å². The molecule has 0 fully saturated rings. The van der Waals surface area contributed by atoms with Crippen LogP contribution in [0.2, 0.25) is 0 Å². The van der Waals surface area contributed by atoms with E-state index >= 15 is 0 Å². The van der Waals surface area contributed by atoms with E-state index in [-0.39, 0.29) is 0 Å². The number of thiophene rings is 1. The third-order valence-electron chi connectivity index (χ3n) is 10.8. The van der Waals surface area contributed by atoms with Crippen LogP contribution in [0.1, 0.15) is 5.56 Å². The van der Waals surface area contributed by atoms with Gasteiger partial charge >= 0.3 is 0 Å². The van der Waals surface area contributed by atoms with Crippen molar-refractivity contribution >= 4 is 53.4 Å². The molecule has 0 saturated carbocycles. The quantitative estimate of drug-likeness (QED) is 0.170. The lowest BCUT2D eigenvalue weighted by molar-refractivity contribution is 0.669. The van der Waals surface area contributed by atoms with Crippen LogP contribution >= 0.6 is 11.3 Å². The number of furan rings is 1. The Morgan fingerprint density at radius 3 is 1.81 bits per heavy atom. The minimum atomic E-state index is 0.589. The molecule has 268 valence electrons. The SMILES string of the molecule is Cc1cccc(-c2cccc(-c3nc(-c4ccc5c(c4)oc4cccc(-c6cccc(-c7ccccc7)c6)c45)nc(-c4cccc5sc6ccccc6c45)n3)c2)c1. The Kier molecular flexibility index (Phi) is 7.86. The second kappa shape index (κ2) is 13.5. The zero-order valence-electron chi connectivity index (χ0n) is 31.0. The van der Waals surface area contributed by atoms with Crippen LogP contribution in [0.3, 0.4) is 0 Å². The summed E-state index contributed by atoms with van der Waals surface area (Å²) in [4.78, 5) is 15.6. The van der Waals surface area contributed by atoms with E-state index in [9.17, 15) is 0 Å². The summed E-state index contributed by atoms with van der Waals surface area (Å²) in [6, 6.07) is 63.9. The number of hydrogen-bond donors (Lipinski definition) is 0. The van der Waals surface area contributed by atoms with Crippen molar-refractivity contribution in [2.75, 3.05) is 0 Å². The van der Waals surface area contributed by atoms with Gasteiger partial charge in [-0.1, -0.05) is 145 Å². The lowest BCUT2D eigenvalue weighted by Gasteiger charge is -2.11. The van der Waals surface area contributed by atoms with E-state index in [4.69, 9.17) is 19.4 Å². The average Bonchev–Trinajstić information content (AvgIpc) is 3.85. The van der Waals surface area contributed by atoms with Crippen molar-refractivity contribution in [2.45, 2.75) is 6.92 Å². The number of nitrogens with zero attached hydrogens (tertiary/aromatic N) is 3. The highest BCUT2D eigenvalue weighted by Gasteiger charge is 2.19. The normalized spacial score (nSPS) is 11.6. The zero-order valence-corrected chi connectivity index (χ0v) is 31.8. The summed E-state index contributed by atoms with van der Waals surface area (Å²) in [6.07, 6.45) is 0. The topological polar surface area (TPSA) is 51.8 Å². The zero-order chi connectivity index (χ0) is 37.9. The molecular formula is C52H33N3OS. The van der Waals surface area contributed by atoms with Crippen molar-refractivity contribution in [3.63, 3.8) is 0 Å². The summed E-state index contributed by atoms with van der Waals surface area (Å²) in [5.74, 6) is 1.84. The van der Waals surface area contributed by atoms with Crippen LogP contribution in [-0.2, 0) is 0 Å². The molecule has 11 aromatic rings.